The van der Waals surface area contributed by atoms with E-state index in [-0.39, 0.29) is 11.6 Å². The van der Waals surface area contributed by atoms with Crippen molar-refractivity contribution in [1.82, 2.24) is 4.90 Å². The highest BCUT2D eigenvalue weighted by Crippen LogP contribution is 2.29. The number of amidine groups is 1. The number of aryl methyl sites for hydroxylation is 1. The molecule has 138 valence electrons. The van der Waals surface area contributed by atoms with Crippen molar-refractivity contribution in [2.24, 2.45) is 4.40 Å². The lowest BCUT2D eigenvalue weighted by Gasteiger charge is -2.29. The fraction of sp³-hybridized carbons (Fsp3) is 0.150. The first-order valence-corrected chi connectivity index (χ1v) is 10.0. The SMILES string of the molecule is Cc1cc(Oc2ccc(C3=CC=CN4CCS(=O)(=O)N=C34)cc2)ccc1F. The summed E-state index contributed by atoms with van der Waals surface area (Å²) in [4.78, 5) is 1.84. The molecule has 0 aromatic heterocycles. The summed E-state index contributed by atoms with van der Waals surface area (Å²) in [5.41, 5.74) is 2.09. The predicted molar refractivity (Wildman–Crippen MR) is 103 cm³/mol. The molecule has 0 aliphatic carbocycles. The molecule has 2 aromatic carbocycles. The molecule has 7 heteroatoms. The summed E-state index contributed by atoms with van der Waals surface area (Å²) in [6, 6.07) is 11.8. The number of sulfonamides is 1. The number of nitrogens with zero attached hydrogens (tertiary/aromatic N) is 2. The lowest BCUT2D eigenvalue weighted by molar-refractivity contribution is 0.479. The second-order valence-electron chi connectivity index (χ2n) is 6.35. The third-order valence-electron chi connectivity index (χ3n) is 4.39. The number of ether oxygens (including phenoxy) is 1. The van der Waals surface area contributed by atoms with Gasteiger partial charge in [-0.15, -0.1) is 4.40 Å². The monoisotopic (exact) mass is 384 g/mol. The van der Waals surface area contributed by atoms with Crippen LogP contribution in [0.15, 0.2) is 65.2 Å². The van der Waals surface area contributed by atoms with Gasteiger partial charge in [-0.1, -0.05) is 12.1 Å². The maximum absolute atomic E-state index is 13.4. The van der Waals surface area contributed by atoms with Crippen LogP contribution in [0.1, 0.15) is 11.1 Å². The Labute approximate surface area is 157 Å². The first kappa shape index (κ1) is 17.5. The minimum atomic E-state index is -3.43. The van der Waals surface area contributed by atoms with E-state index in [0.717, 1.165) is 11.1 Å². The molecule has 5 nitrogen and oxygen atoms in total. The molecule has 0 radical (unpaired) electrons. The Hall–Kier alpha value is -2.93. The van der Waals surface area contributed by atoms with E-state index >= 15 is 0 Å². The number of allylic oxidation sites excluding steroid dienone is 2. The zero-order chi connectivity index (χ0) is 19.0. The number of hydrogen-bond acceptors (Lipinski definition) is 4. The van der Waals surface area contributed by atoms with E-state index in [0.29, 0.717) is 29.4 Å². The van der Waals surface area contributed by atoms with Gasteiger partial charge in [-0.2, -0.15) is 0 Å². The maximum Gasteiger partial charge on any atom is 0.256 e. The minimum absolute atomic E-state index is 0.0119. The lowest BCUT2D eigenvalue weighted by atomic mass is 10.0. The number of rotatable bonds is 3. The highest BCUT2D eigenvalue weighted by atomic mass is 32.2. The van der Waals surface area contributed by atoms with Crippen LogP contribution in [0.2, 0.25) is 0 Å². The van der Waals surface area contributed by atoms with Gasteiger partial charge in [-0.05, 0) is 60.5 Å². The molecule has 27 heavy (non-hydrogen) atoms. The third kappa shape index (κ3) is 3.64. The van der Waals surface area contributed by atoms with Gasteiger partial charge in [-0.25, -0.2) is 12.8 Å². The Balaban J connectivity index is 1.60. The lowest BCUT2D eigenvalue weighted by Crippen LogP contribution is -2.37. The van der Waals surface area contributed by atoms with Crippen LogP contribution in [0.3, 0.4) is 0 Å². The molecule has 0 N–H and O–H groups in total. The summed E-state index contributed by atoms with van der Waals surface area (Å²) in [6.07, 6.45) is 5.54. The number of halogens is 1. The van der Waals surface area contributed by atoms with E-state index in [2.05, 4.69) is 4.40 Å². The second-order valence-corrected chi connectivity index (χ2v) is 8.11. The molecule has 2 aliphatic rings. The molecule has 0 fully saturated rings. The van der Waals surface area contributed by atoms with Crippen LogP contribution in [0, 0.1) is 12.7 Å². The van der Waals surface area contributed by atoms with Crippen molar-refractivity contribution in [3.8, 4) is 11.5 Å². The van der Waals surface area contributed by atoms with Gasteiger partial charge in [0.15, 0.2) is 5.84 Å². The van der Waals surface area contributed by atoms with Crippen molar-refractivity contribution < 1.29 is 17.5 Å². The van der Waals surface area contributed by atoms with Crippen molar-refractivity contribution in [3.63, 3.8) is 0 Å². The third-order valence-corrected chi connectivity index (χ3v) is 5.54. The molecule has 0 atom stereocenters. The van der Waals surface area contributed by atoms with E-state index in [1.807, 2.05) is 35.4 Å². The van der Waals surface area contributed by atoms with Crippen molar-refractivity contribution in [3.05, 3.63) is 77.8 Å². The molecule has 4 rings (SSSR count). The summed E-state index contributed by atoms with van der Waals surface area (Å²) in [5, 5.41) is 0. The quantitative estimate of drug-likeness (QED) is 0.806. The zero-order valence-electron chi connectivity index (χ0n) is 14.6. The van der Waals surface area contributed by atoms with Crippen LogP contribution in [0.4, 0.5) is 4.39 Å². The predicted octanol–water partition coefficient (Wildman–Crippen LogP) is 3.88. The first-order valence-electron chi connectivity index (χ1n) is 8.44. The Morgan fingerprint density at radius 3 is 2.59 bits per heavy atom. The van der Waals surface area contributed by atoms with Crippen molar-refractivity contribution in [2.45, 2.75) is 6.92 Å². The highest BCUT2D eigenvalue weighted by Gasteiger charge is 2.27. The van der Waals surface area contributed by atoms with Crippen LogP contribution in [0.5, 0.6) is 11.5 Å². The summed E-state index contributed by atoms with van der Waals surface area (Å²) >= 11 is 0. The van der Waals surface area contributed by atoms with Gasteiger partial charge < -0.3 is 9.64 Å². The van der Waals surface area contributed by atoms with Gasteiger partial charge >= 0.3 is 0 Å². The molecule has 0 bridgehead atoms. The van der Waals surface area contributed by atoms with Crippen molar-refractivity contribution >= 4 is 21.4 Å². The van der Waals surface area contributed by atoms with Gasteiger partial charge in [0, 0.05) is 18.3 Å². The van der Waals surface area contributed by atoms with E-state index in [1.54, 1.807) is 31.2 Å². The van der Waals surface area contributed by atoms with E-state index in [4.69, 9.17) is 4.74 Å². The standard InChI is InChI=1S/C20H17FN2O3S/c1-14-13-17(8-9-19(14)21)26-16-6-4-15(5-7-16)18-3-2-10-23-11-12-27(24,25)22-20(18)23/h2-10,13H,11-12H2,1H3. The van der Waals surface area contributed by atoms with E-state index in [9.17, 15) is 12.8 Å². The molecule has 0 saturated heterocycles. The average Bonchev–Trinajstić information content (AvgIpc) is 2.64. The minimum Gasteiger partial charge on any atom is -0.457 e. The van der Waals surface area contributed by atoms with Crippen LogP contribution >= 0.6 is 0 Å². The number of benzene rings is 2. The van der Waals surface area contributed by atoms with Crippen molar-refractivity contribution in [1.29, 1.82) is 0 Å². The van der Waals surface area contributed by atoms with Gasteiger partial charge in [-0.3, -0.25) is 0 Å². The fourth-order valence-electron chi connectivity index (χ4n) is 2.96. The van der Waals surface area contributed by atoms with Gasteiger partial charge in [0.05, 0.1) is 5.75 Å². The Morgan fingerprint density at radius 2 is 1.85 bits per heavy atom. The van der Waals surface area contributed by atoms with Crippen LogP contribution in [0.25, 0.3) is 5.57 Å². The molecular formula is C20H17FN2O3S. The summed E-state index contributed by atoms with van der Waals surface area (Å²) in [6.45, 7) is 2.07. The first-order chi connectivity index (χ1) is 12.9. The number of fused-ring (bicyclic) bond motifs is 1. The summed E-state index contributed by atoms with van der Waals surface area (Å²) < 4.78 is 46.8. The zero-order valence-corrected chi connectivity index (χ0v) is 15.4. The smallest absolute Gasteiger partial charge is 0.256 e. The molecular weight excluding hydrogens is 367 g/mol. The number of hydrogen-bond donors (Lipinski definition) is 0. The molecule has 0 saturated carbocycles. The molecule has 0 amide bonds. The van der Waals surface area contributed by atoms with E-state index in [1.165, 1.54) is 6.07 Å². The fourth-order valence-corrected chi connectivity index (χ4v) is 3.95. The van der Waals surface area contributed by atoms with Gasteiger partial charge in [0.25, 0.3) is 10.0 Å². The second kappa shape index (κ2) is 6.66. The Morgan fingerprint density at radius 1 is 1.11 bits per heavy atom. The molecule has 0 unspecified atom stereocenters. The molecule has 2 aliphatic heterocycles. The normalized spacial score (nSPS) is 17.8. The van der Waals surface area contributed by atoms with Gasteiger partial charge in [0.1, 0.15) is 17.3 Å². The molecule has 2 heterocycles. The Bertz CT molecular complexity index is 1090. The Kier molecular flexibility index (Phi) is 4.31. The average molecular weight is 384 g/mol. The summed E-state index contributed by atoms with van der Waals surface area (Å²) in [7, 11) is -3.43. The van der Waals surface area contributed by atoms with Gasteiger partial charge in [0.2, 0.25) is 0 Å². The topological polar surface area (TPSA) is 59.0 Å². The van der Waals surface area contributed by atoms with Crippen LogP contribution in [-0.4, -0.2) is 31.5 Å². The molecule has 2 aromatic rings. The van der Waals surface area contributed by atoms with Crippen LogP contribution in [-0.2, 0) is 10.0 Å². The highest BCUT2D eigenvalue weighted by molar-refractivity contribution is 7.90. The van der Waals surface area contributed by atoms with E-state index < -0.39 is 10.0 Å². The molecule has 0 spiro atoms. The maximum atomic E-state index is 13.4. The van der Waals surface area contributed by atoms with Crippen LogP contribution < -0.4 is 4.74 Å². The van der Waals surface area contributed by atoms with Crippen molar-refractivity contribution in [2.75, 3.05) is 12.3 Å². The summed E-state index contributed by atoms with van der Waals surface area (Å²) in [5.74, 6) is 1.33. The largest absolute Gasteiger partial charge is 0.457 e.